The van der Waals surface area contributed by atoms with Crippen molar-refractivity contribution < 1.29 is 13.2 Å². The molecule has 8 heteroatoms. The Kier molecular flexibility index (Phi) is 6.04. The van der Waals surface area contributed by atoms with Crippen molar-refractivity contribution in [3.63, 3.8) is 0 Å². The van der Waals surface area contributed by atoms with Gasteiger partial charge in [-0.05, 0) is 18.8 Å². The number of piperidine rings is 1. The molecule has 0 aliphatic carbocycles. The number of hydrogen-bond acceptors (Lipinski definition) is 4. The second-order valence-corrected chi connectivity index (χ2v) is 8.35. The van der Waals surface area contributed by atoms with Crippen LogP contribution in [-0.2, 0) is 22.8 Å². The second kappa shape index (κ2) is 7.81. The molecule has 0 spiro atoms. The van der Waals surface area contributed by atoms with Crippen molar-refractivity contribution >= 4 is 15.9 Å². The number of nitrogens with zero attached hydrogens (tertiary/aromatic N) is 3. The topological polar surface area (TPSA) is 84.3 Å². The molecule has 2 amide bonds. The van der Waals surface area contributed by atoms with Crippen molar-refractivity contribution in [2.75, 3.05) is 31.6 Å². The maximum atomic E-state index is 12.2. The fourth-order valence-electron chi connectivity index (χ4n) is 3.07. The van der Waals surface area contributed by atoms with Gasteiger partial charge in [-0.15, -0.1) is 0 Å². The zero-order valence-electron chi connectivity index (χ0n) is 13.9. The number of imidazole rings is 1. The van der Waals surface area contributed by atoms with E-state index in [4.69, 9.17) is 0 Å². The Balaban J connectivity index is 1.79. The van der Waals surface area contributed by atoms with Gasteiger partial charge in [0.15, 0.2) is 0 Å². The fraction of sp³-hybridized carbons (Fsp3) is 0.733. The molecule has 1 aliphatic heterocycles. The third-order valence-electron chi connectivity index (χ3n) is 4.09. The number of carbonyl (C=O) groups excluding carboxylic acids is 1. The van der Waals surface area contributed by atoms with Gasteiger partial charge in [0.1, 0.15) is 15.7 Å². The summed E-state index contributed by atoms with van der Waals surface area (Å²) in [7, 11) is -3.00. The van der Waals surface area contributed by atoms with Crippen LogP contribution in [0.1, 0.15) is 25.6 Å². The molecule has 7 nitrogen and oxygen atoms in total. The highest BCUT2D eigenvalue weighted by atomic mass is 32.2. The molecular weight excluding hydrogens is 316 g/mol. The second-order valence-electron chi connectivity index (χ2n) is 6.17. The highest BCUT2D eigenvalue weighted by molar-refractivity contribution is 7.90. The maximum Gasteiger partial charge on any atom is 0.317 e. The first-order valence-electron chi connectivity index (χ1n) is 8.09. The molecule has 1 N–H and O–H groups in total. The molecule has 1 fully saturated rings. The first-order chi connectivity index (χ1) is 10.9. The molecule has 1 unspecified atom stereocenters. The molecule has 1 aliphatic rings. The number of sulfone groups is 1. The summed E-state index contributed by atoms with van der Waals surface area (Å²) in [4.78, 5) is 18.2. The van der Waals surface area contributed by atoms with Crippen LogP contribution in [0.3, 0.4) is 0 Å². The molecule has 2 rings (SSSR count). The van der Waals surface area contributed by atoms with Crippen LogP contribution in [0, 0.1) is 5.92 Å². The smallest absolute Gasteiger partial charge is 0.317 e. The minimum Gasteiger partial charge on any atom is -0.336 e. The van der Waals surface area contributed by atoms with E-state index < -0.39 is 9.84 Å². The standard InChI is InChI=1S/C15H26N4O3S/c1-3-14-16-6-9-18(14)10-7-17-15(20)19-8-4-5-13(11-19)12-23(2,21)22/h6,9,13H,3-5,7-8,10-12H2,1-2H3,(H,17,20). The van der Waals surface area contributed by atoms with Crippen LogP contribution < -0.4 is 5.32 Å². The van der Waals surface area contributed by atoms with Gasteiger partial charge < -0.3 is 14.8 Å². The van der Waals surface area contributed by atoms with Crippen LogP contribution in [-0.4, -0.2) is 60.5 Å². The van der Waals surface area contributed by atoms with Crippen LogP contribution in [0.4, 0.5) is 4.79 Å². The number of likely N-dealkylation sites (tertiary alicyclic amines) is 1. The molecule has 1 atom stereocenters. The lowest BCUT2D eigenvalue weighted by molar-refractivity contribution is 0.170. The molecule has 1 aromatic heterocycles. The number of hydrogen-bond donors (Lipinski definition) is 1. The largest absolute Gasteiger partial charge is 0.336 e. The Hall–Kier alpha value is -1.57. The van der Waals surface area contributed by atoms with Gasteiger partial charge >= 0.3 is 6.03 Å². The van der Waals surface area contributed by atoms with E-state index in [1.165, 1.54) is 6.26 Å². The third kappa shape index (κ3) is 5.53. The summed E-state index contributed by atoms with van der Waals surface area (Å²) < 4.78 is 24.9. The van der Waals surface area contributed by atoms with Gasteiger partial charge in [-0.25, -0.2) is 18.2 Å². The first kappa shape index (κ1) is 17.8. The van der Waals surface area contributed by atoms with Crippen molar-refractivity contribution in [2.24, 2.45) is 5.92 Å². The van der Waals surface area contributed by atoms with E-state index in [-0.39, 0.29) is 17.7 Å². The predicted octanol–water partition coefficient (Wildman–Crippen LogP) is 0.912. The van der Waals surface area contributed by atoms with Gasteiger partial charge in [-0.2, -0.15) is 0 Å². The molecule has 0 aromatic carbocycles. The van der Waals surface area contributed by atoms with E-state index >= 15 is 0 Å². The molecule has 0 saturated carbocycles. The lowest BCUT2D eigenvalue weighted by Crippen LogP contribution is -2.47. The quantitative estimate of drug-likeness (QED) is 0.833. The summed E-state index contributed by atoms with van der Waals surface area (Å²) in [5, 5.41) is 2.91. The van der Waals surface area contributed by atoms with Crippen molar-refractivity contribution in [1.82, 2.24) is 19.8 Å². The maximum absolute atomic E-state index is 12.2. The average molecular weight is 342 g/mol. The van der Waals surface area contributed by atoms with Gasteiger partial charge in [-0.1, -0.05) is 6.92 Å². The predicted molar refractivity (Wildman–Crippen MR) is 89.0 cm³/mol. The fourth-order valence-corrected chi connectivity index (χ4v) is 4.20. The average Bonchev–Trinajstić information content (AvgIpc) is 2.93. The van der Waals surface area contributed by atoms with Gasteiger partial charge in [0.25, 0.3) is 0 Å². The highest BCUT2D eigenvalue weighted by Gasteiger charge is 2.25. The zero-order chi connectivity index (χ0) is 16.9. The zero-order valence-corrected chi connectivity index (χ0v) is 14.7. The number of urea groups is 1. The summed E-state index contributed by atoms with van der Waals surface area (Å²) >= 11 is 0. The summed E-state index contributed by atoms with van der Waals surface area (Å²) in [5.74, 6) is 1.21. The van der Waals surface area contributed by atoms with Crippen molar-refractivity contribution in [2.45, 2.75) is 32.7 Å². The summed E-state index contributed by atoms with van der Waals surface area (Å²) in [6.45, 7) is 4.49. The summed E-state index contributed by atoms with van der Waals surface area (Å²) in [6.07, 6.45) is 7.51. The minimum atomic E-state index is -3.00. The van der Waals surface area contributed by atoms with E-state index in [1.807, 2.05) is 17.7 Å². The van der Waals surface area contributed by atoms with E-state index in [9.17, 15) is 13.2 Å². The molecule has 1 saturated heterocycles. The molecule has 130 valence electrons. The molecule has 23 heavy (non-hydrogen) atoms. The van der Waals surface area contributed by atoms with Gasteiger partial charge in [0.05, 0.1) is 5.75 Å². The van der Waals surface area contributed by atoms with E-state index in [0.29, 0.717) is 26.2 Å². The summed E-state index contributed by atoms with van der Waals surface area (Å²) in [6, 6.07) is -0.110. The van der Waals surface area contributed by atoms with Gasteiger partial charge in [-0.3, -0.25) is 0 Å². The van der Waals surface area contributed by atoms with Crippen LogP contribution in [0.2, 0.25) is 0 Å². The number of nitrogens with one attached hydrogen (secondary N) is 1. The molecular formula is C15H26N4O3S. The number of rotatable bonds is 6. The Morgan fingerprint density at radius 2 is 2.26 bits per heavy atom. The summed E-state index contributed by atoms with van der Waals surface area (Å²) in [5.41, 5.74) is 0. The minimum absolute atomic E-state index is 0.0462. The van der Waals surface area contributed by atoms with E-state index in [2.05, 4.69) is 10.3 Å². The molecule has 0 radical (unpaired) electrons. The third-order valence-corrected chi connectivity index (χ3v) is 5.17. The number of carbonyl (C=O) groups is 1. The Bertz CT molecular complexity index is 626. The lowest BCUT2D eigenvalue weighted by atomic mass is 10.0. The van der Waals surface area contributed by atoms with Crippen molar-refractivity contribution in [3.8, 4) is 0 Å². The molecule has 1 aromatic rings. The van der Waals surface area contributed by atoms with Crippen LogP contribution >= 0.6 is 0 Å². The molecule has 0 bridgehead atoms. The number of aryl methyl sites for hydroxylation is 1. The van der Waals surface area contributed by atoms with Gasteiger partial charge in [0, 0.05) is 51.2 Å². The Morgan fingerprint density at radius 3 is 2.96 bits per heavy atom. The van der Waals surface area contributed by atoms with E-state index in [1.54, 1.807) is 11.1 Å². The number of amides is 2. The normalized spacial score (nSPS) is 18.9. The van der Waals surface area contributed by atoms with Gasteiger partial charge in [0.2, 0.25) is 0 Å². The molecule has 2 heterocycles. The SMILES string of the molecule is CCc1nccn1CCNC(=O)N1CCCC(CS(C)(=O)=O)C1. The van der Waals surface area contributed by atoms with Crippen molar-refractivity contribution in [1.29, 1.82) is 0 Å². The van der Waals surface area contributed by atoms with Crippen LogP contribution in [0.5, 0.6) is 0 Å². The highest BCUT2D eigenvalue weighted by Crippen LogP contribution is 2.18. The van der Waals surface area contributed by atoms with Crippen LogP contribution in [0.15, 0.2) is 12.4 Å². The monoisotopic (exact) mass is 342 g/mol. The Labute approximate surface area is 138 Å². The Morgan fingerprint density at radius 1 is 1.48 bits per heavy atom. The number of aromatic nitrogens is 2. The lowest BCUT2D eigenvalue weighted by Gasteiger charge is -2.32. The van der Waals surface area contributed by atoms with Crippen molar-refractivity contribution in [3.05, 3.63) is 18.2 Å². The van der Waals surface area contributed by atoms with E-state index in [0.717, 1.165) is 25.1 Å². The van der Waals surface area contributed by atoms with Crippen LogP contribution in [0.25, 0.3) is 0 Å². The first-order valence-corrected chi connectivity index (χ1v) is 10.2.